The molecule has 0 unspecified atom stereocenters. The van der Waals surface area contributed by atoms with Gasteiger partial charge in [-0.3, -0.25) is 9.98 Å². The molecular formula is C10H17N3. The van der Waals surface area contributed by atoms with Gasteiger partial charge >= 0.3 is 0 Å². The van der Waals surface area contributed by atoms with Crippen LogP contribution in [-0.2, 0) is 0 Å². The Labute approximate surface area is 79.5 Å². The predicted molar refractivity (Wildman–Crippen MR) is 56.2 cm³/mol. The minimum Gasteiger partial charge on any atom is -0.307 e. The van der Waals surface area contributed by atoms with Gasteiger partial charge < -0.3 is 4.57 Å². The van der Waals surface area contributed by atoms with Gasteiger partial charge in [-0.05, 0) is 6.92 Å². The van der Waals surface area contributed by atoms with Crippen LogP contribution >= 0.6 is 0 Å². The molecule has 3 heteroatoms. The highest BCUT2D eigenvalue weighted by Crippen LogP contribution is 1.83. The zero-order valence-electron chi connectivity index (χ0n) is 8.78. The van der Waals surface area contributed by atoms with Crippen molar-refractivity contribution in [1.82, 2.24) is 9.55 Å². The first kappa shape index (κ1) is 11.6. The third-order valence-electron chi connectivity index (χ3n) is 1.47. The maximum atomic E-state index is 4.10. The van der Waals surface area contributed by atoms with Gasteiger partial charge in [-0.15, -0.1) is 0 Å². The summed E-state index contributed by atoms with van der Waals surface area (Å²) in [5.74, 6) is 0. The number of hydrogen-bond acceptors (Lipinski definition) is 2. The van der Waals surface area contributed by atoms with Crippen molar-refractivity contribution in [2.45, 2.75) is 20.8 Å². The van der Waals surface area contributed by atoms with Crippen LogP contribution in [0.4, 0.5) is 0 Å². The third-order valence-corrected chi connectivity index (χ3v) is 1.47. The van der Waals surface area contributed by atoms with Crippen LogP contribution in [0, 0.1) is 6.92 Å². The first-order valence-electron chi connectivity index (χ1n) is 4.38. The molecule has 0 radical (unpaired) electrons. The fourth-order valence-corrected chi connectivity index (χ4v) is 0.957. The predicted octanol–water partition coefficient (Wildman–Crippen LogP) is 1.85. The summed E-state index contributed by atoms with van der Waals surface area (Å²) in [6, 6.07) is 0. The molecule has 0 saturated heterocycles. The summed E-state index contributed by atoms with van der Waals surface area (Å²) in [5, 5.41) is 0. The highest BCUT2D eigenvalue weighted by Gasteiger charge is 1.91. The molecule has 0 aromatic carbocycles. The lowest BCUT2D eigenvalue weighted by Gasteiger charge is -2.00. The Morgan fingerprint density at radius 3 is 2.54 bits per heavy atom. The van der Waals surface area contributed by atoms with Crippen molar-refractivity contribution in [2.75, 3.05) is 7.05 Å². The third kappa shape index (κ3) is 2.86. The molecule has 0 bridgehead atoms. The summed E-state index contributed by atoms with van der Waals surface area (Å²) in [6.07, 6.45) is 5.26. The van der Waals surface area contributed by atoms with E-state index in [1.54, 1.807) is 19.4 Å². The molecule has 0 fully saturated rings. The van der Waals surface area contributed by atoms with Gasteiger partial charge in [0.05, 0.1) is 5.69 Å². The zero-order chi connectivity index (χ0) is 10.3. The average molecular weight is 179 g/mol. The summed E-state index contributed by atoms with van der Waals surface area (Å²) in [5.41, 5.74) is 1.76. The molecule has 0 spiro atoms. The minimum absolute atomic E-state index is 0.850. The number of nitrogens with zero attached hydrogens (tertiary/aromatic N) is 3. The summed E-state index contributed by atoms with van der Waals surface area (Å²) < 4.78 is 1.84. The monoisotopic (exact) mass is 179 g/mol. The summed E-state index contributed by atoms with van der Waals surface area (Å²) in [7, 11) is 1.74. The highest BCUT2D eigenvalue weighted by atomic mass is 15.0. The molecule has 0 aliphatic heterocycles. The Balaban J connectivity index is 0.000000671. The van der Waals surface area contributed by atoms with Crippen molar-refractivity contribution in [3.63, 3.8) is 0 Å². The molecule has 0 N–H and O–H groups in total. The van der Waals surface area contributed by atoms with Gasteiger partial charge in [-0.1, -0.05) is 20.4 Å². The number of rotatable bonds is 1. The van der Waals surface area contributed by atoms with Gasteiger partial charge in [-0.25, -0.2) is 0 Å². The molecule has 1 rings (SSSR count). The van der Waals surface area contributed by atoms with Gasteiger partial charge in [0, 0.05) is 25.6 Å². The lowest BCUT2D eigenvalue weighted by Crippen LogP contribution is -2.20. The van der Waals surface area contributed by atoms with E-state index in [0.29, 0.717) is 0 Å². The van der Waals surface area contributed by atoms with Gasteiger partial charge in [-0.2, -0.15) is 0 Å². The molecule has 0 amide bonds. The van der Waals surface area contributed by atoms with Crippen LogP contribution in [0.25, 0.3) is 6.20 Å². The molecule has 13 heavy (non-hydrogen) atoms. The molecule has 1 aromatic rings. The van der Waals surface area contributed by atoms with E-state index in [-0.39, 0.29) is 0 Å². The molecule has 1 aromatic heterocycles. The quantitative estimate of drug-likeness (QED) is 0.647. The van der Waals surface area contributed by atoms with E-state index in [1.165, 1.54) is 0 Å². The van der Waals surface area contributed by atoms with Crippen molar-refractivity contribution in [2.24, 2.45) is 4.99 Å². The fourth-order valence-electron chi connectivity index (χ4n) is 0.957. The first-order chi connectivity index (χ1) is 6.29. The minimum atomic E-state index is 0.850. The van der Waals surface area contributed by atoms with E-state index in [2.05, 4.69) is 16.6 Å². The smallest absolute Gasteiger partial charge is 0.153 e. The number of aromatic nitrogens is 2. The van der Waals surface area contributed by atoms with Crippen molar-refractivity contribution in [1.29, 1.82) is 0 Å². The van der Waals surface area contributed by atoms with E-state index in [0.717, 1.165) is 11.2 Å². The van der Waals surface area contributed by atoms with Crippen molar-refractivity contribution < 1.29 is 0 Å². The van der Waals surface area contributed by atoms with E-state index >= 15 is 0 Å². The van der Waals surface area contributed by atoms with E-state index < -0.39 is 0 Å². The van der Waals surface area contributed by atoms with Crippen LogP contribution in [0.3, 0.4) is 0 Å². The van der Waals surface area contributed by atoms with Crippen LogP contribution in [0.1, 0.15) is 19.5 Å². The van der Waals surface area contributed by atoms with Gasteiger partial charge in [0.15, 0.2) is 5.49 Å². The molecule has 72 valence electrons. The van der Waals surface area contributed by atoms with Crippen LogP contribution in [0.15, 0.2) is 24.0 Å². The Hall–Kier alpha value is -1.38. The second kappa shape index (κ2) is 6.17. The summed E-state index contributed by atoms with van der Waals surface area (Å²) >= 11 is 0. The van der Waals surface area contributed by atoms with Crippen LogP contribution in [-0.4, -0.2) is 16.6 Å². The maximum absolute atomic E-state index is 4.10. The second-order valence-corrected chi connectivity index (χ2v) is 2.15. The fraction of sp³-hybridized carbons (Fsp3) is 0.400. The van der Waals surface area contributed by atoms with Crippen LogP contribution < -0.4 is 5.49 Å². The average Bonchev–Trinajstić information content (AvgIpc) is 2.20. The van der Waals surface area contributed by atoms with Gasteiger partial charge in [0.25, 0.3) is 0 Å². The molecule has 0 aliphatic carbocycles. The Kier molecular flexibility index (Phi) is 5.52. The lowest BCUT2D eigenvalue weighted by molar-refractivity contribution is 0.917. The standard InChI is InChI=1S/C8H11N3.C2H6/c1-4-11-6-5-10-7(2)8(11)9-3;1-2/h4-6H,1H2,2-3H3;1-2H3. The van der Waals surface area contributed by atoms with E-state index in [4.69, 9.17) is 0 Å². The molecule has 1 heterocycles. The summed E-state index contributed by atoms with van der Waals surface area (Å²) in [6.45, 7) is 9.57. The van der Waals surface area contributed by atoms with Gasteiger partial charge in [0.1, 0.15) is 0 Å². The van der Waals surface area contributed by atoms with Crippen molar-refractivity contribution >= 4 is 6.20 Å². The molecule has 0 saturated carbocycles. The Morgan fingerprint density at radius 2 is 2.15 bits per heavy atom. The van der Waals surface area contributed by atoms with Crippen molar-refractivity contribution in [3.8, 4) is 0 Å². The topological polar surface area (TPSA) is 30.2 Å². The normalized spacial score (nSPS) is 10.3. The van der Waals surface area contributed by atoms with E-state index in [9.17, 15) is 0 Å². The van der Waals surface area contributed by atoms with Gasteiger partial charge in [0.2, 0.25) is 0 Å². The Bertz CT molecular complexity index is 323. The maximum Gasteiger partial charge on any atom is 0.153 e. The van der Waals surface area contributed by atoms with E-state index in [1.807, 2.05) is 31.5 Å². The molecule has 0 atom stereocenters. The summed E-state index contributed by atoms with van der Waals surface area (Å²) in [4.78, 5) is 8.17. The largest absolute Gasteiger partial charge is 0.307 e. The highest BCUT2D eigenvalue weighted by molar-refractivity contribution is 5.16. The molecule has 3 nitrogen and oxygen atoms in total. The molecule has 0 aliphatic rings. The number of aryl methyl sites for hydroxylation is 1. The lowest BCUT2D eigenvalue weighted by atomic mass is 10.5. The zero-order valence-corrected chi connectivity index (χ0v) is 8.78. The number of hydrogen-bond donors (Lipinski definition) is 0. The van der Waals surface area contributed by atoms with Crippen LogP contribution in [0.5, 0.6) is 0 Å². The Morgan fingerprint density at radius 1 is 1.54 bits per heavy atom. The van der Waals surface area contributed by atoms with Crippen molar-refractivity contribution in [3.05, 3.63) is 30.2 Å². The first-order valence-corrected chi connectivity index (χ1v) is 4.38. The van der Waals surface area contributed by atoms with Crippen LogP contribution in [0.2, 0.25) is 0 Å². The second-order valence-electron chi connectivity index (χ2n) is 2.15. The SMILES string of the molecule is C=Cn1ccnc(C)c1=NC.CC. The molecular weight excluding hydrogens is 162 g/mol.